The fourth-order valence-corrected chi connectivity index (χ4v) is 2.61. The normalized spacial score (nSPS) is 32.1. The molecule has 2 heterocycles. The minimum Gasteiger partial charge on any atom is -0.305 e. The predicted molar refractivity (Wildman–Crippen MR) is 56.3 cm³/mol. The first-order valence-corrected chi connectivity index (χ1v) is 5.70. The number of Topliss-reactive ketones (excluding diaryl/α,β-unsaturated/α-hetero) is 1. The molecule has 0 radical (unpaired) electrons. The molecule has 1 atom stereocenters. The molecule has 3 nitrogen and oxygen atoms in total. The molecule has 2 aliphatic heterocycles. The van der Waals surface area contributed by atoms with Gasteiger partial charge in [0.1, 0.15) is 5.78 Å². The molecular formula is C11H20N2O. The lowest BCUT2D eigenvalue weighted by Crippen LogP contribution is -2.50. The zero-order valence-electron chi connectivity index (χ0n) is 9.04. The van der Waals surface area contributed by atoms with Crippen LogP contribution >= 0.6 is 0 Å². The maximum Gasteiger partial charge on any atom is 0.146 e. The molecule has 2 fully saturated rings. The molecule has 0 bridgehead atoms. The average Bonchev–Trinajstić information content (AvgIpc) is 2.18. The molecule has 80 valence electrons. The van der Waals surface area contributed by atoms with Gasteiger partial charge in [-0.2, -0.15) is 0 Å². The van der Waals surface area contributed by atoms with Gasteiger partial charge < -0.3 is 4.90 Å². The van der Waals surface area contributed by atoms with E-state index in [1.165, 1.54) is 19.4 Å². The lowest BCUT2D eigenvalue weighted by Gasteiger charge is -2.39. The molecule has 0 amide bonds. The third-order valence-electron chi connectivity index (χ3n) is 3.40. The molecular weight excluding hydrogens is 176 g/mol. The van der Waals surface area contributed by atoms with E-state index in [4.69, 9.17) is 0 Å². The number of ketones is 1. The van der Waals surface area contributed by atoms with Crippen molar-refractivity contribution in [2.75, 3.05) is 33.2 Å². The van der Waals surface area contributed by atoms with E-state index in [0.717, 1.165) is 25.9 Å². The molecule has 0 aromatic rings. The Labute approximate surface area is 86.1 Å². The van der Waals surface area contributed by atoms with E-state index in [2.05, 4.69) is 16.8 Å². The largest absolute Gasteiger partial charge is 0.305 e. The van der Waals surface area contributed by atoms with Crippen molar-refractivity contribution in [1.29, 1.82) is 0 Å². The number of likely N-dealkylation sites (tertiary alicyclic amines) is 2. The first kappa shape index (κ1) is 10.1. The summed E-state index contributed by atoms with van der Waals surface area (Å²) in [6.07, 6.45) is 4.43. The molecule has 2 rings (SSSR count). The summed E-state index contributed by atoms with van der Waals surface area (Å²) < 4.78 is 0. The first-order valence-electron chi connectivity index (χ1n) is 5.70. The summed E-state index contributed by atoms with van der Waals surface area (Å²) in [6.45, 7) is 4.20. The summed E-state index contributed by atoms with van der Waals surface area (Å²) in [7, 11) is 2.18. The van der Waals surface area contributed by atoms with E-state index in [1.807, 2.05) is 0 Å². The number of carbonyl (C=O) groups is 1. The van der Waals surface area contributed by atoms with Crippen LogP contribution in [0.4, 0.5) is 0 Å². The van der Waals surface area contributed by atoms with Crippen molar-refractivity contribution < 1.29 is 4.79 Å². The summed E-state index contributed by atoms with van der Waals surface area (Å²) in [5.41, 5.74) is 0. The van der Waals surface area contributed by atoms with E-state index in [9.17, 15) is 4.79 Å². The van der Waals surface area contributed by atoms with Gasteiger partial charge in [0.2, 0.25) is 0 Å². The zero-order valence-corrected chi connectivity index (χ0v) is 9.04. The number of carbonyl (C=O) groups excluding carboxylic acids is 1. The van der Waals surface area contributed by atoms with E-state index >= 15 is 0 Å². The van der Waals surface area contributed by atoms with Crippen LogP contribution in [0.5, 0.6) is 0 Å². The number of hydrogen-bond donors (Lipinski definition) is 0. The highest BCUT2D eigenvalue weighted by atomic mass is 16.1. The summed E-state index contributed by atoms with van der Waals surface area (Å²) in [5.74, 6) is 0.435. The van der Waals surface area contributed by atoms with Gasteiger partial charge in [0.05, 0.1) is 6.54 Å². The van der Waals surface area contributed by atoms with Crippen molar-refractivity contribution in [3.8, 4) is 0 Å². The van der Waals surface area contributed by atoms with Crippen LogP contribution < -0.4 is 0 Å². The summed E-state index contributed by atoms with van der Waals surface area (Å²) in [5, 5.41) is 0. The average molecular weight is 196 g/mol. The Kier molecular flexibility index (Phi) is 3.19. The lowest BCUT2D eigenvalue weighted by atomic mass is 10.0. The van der Waals surface area contributed by atoms with Crippen LogP contribution in [0, 0.1) is 0 Å². The summed E-state index contributed by atoms with van der Waals surface area (Å²) in [6, 6.07) is 0.637. The molecule has 0 spiro atoms. The third kappa shape index (κ3) is 2.34. The zero-order chi connectivity index (χ0) is 9.97. The third-order valence-corrected chi connectivity index (χ3v) is 3.40. The van der Waals surface area contributed by atoms with E-state index in [1.54, 1.807) is 0 Å². The van der Waals surface area contributed by atoms with Gasteiger partial charge in [0.25, 0.3) is 0 Å². The Balaban J connectivity index is 1.89. The van der Waals surface area contributed by atoms with Crippen molar-refractivity contribution in [1.82, 2.24) is 9.80 Å². The molecule has 2 aliphatic rings. The van der Waals surface area contributed by atoms with Gasteiger partial charge in [-0.25, -0.2) is 0 Å². The van der Waals surface area contributed by atoms with Crippen molar-refractivity contribution >= 4 is 5.78 Å². The molecule has 0 N–H and O–H groups in total. The first-order chi connectivity index (χ1) is 6.75. The van der Waals surface area contributed by atoms with Crippen molar-refractivity contribution in [2.24, 2.45) is 0 Å². The second kappa shape index (κ2) is 4.41. The number of piperidine rings is 2. The molecule has 0 aromatic heterocycles. The molecule has 0 saturated carbocycles. The molecule has 1 unspecified atom stereocenters. The van der Waals surface area contributed by atoms with Crippen LogP contribution in [0.15, 0.2) is 0 Å². The van der Waals surface area contributed by atoms with Gasteiger partial charge in [0, 0.05) is 19.0 Å². The highest BCUT2D eigenvalue weighted by Crippen LogP contribution is 2.17. The highest BCUT2D eigenvalue weighted by molar-refractivity contribution is 5.81. The summed E-state index contributed by atoms with van der Waals surface area (Å²) >= 11 is 0. The van der Waals surface area contributed by atoms with Crippen molar-refractivity contribution in [3.63, 3.8) is 0 Å². The molecule has 14 heavy (non-hydrogen) atoms. The van der Waals surface area contributed by atoms with E-state index in [0.29, 0.717) is 18.4 Å². The van der Waals surface area contributed by atoms with Crippen LogP contribution in [0.1, 0.15) is 25.7 Å². The maximum absolute atomic E-state index is 11.3. The summed E-state index contributed by atoms with van der Waals surface area (Å²) in [4.78, 5) is 16.1. The van der Waals surface area contributed by atoms with Crippen molar-refractivity contribution in [2.45, 2.75) is 31.7 Å². The molecule has 0 aromatic carbocycles. The Morgan fingerprint density at radius 2 is 2.14 bits per heavy atom. The SMILES string of the molecule is CN1CCCC(N2CCCC(=O)C2)C1. The topological polar surface area (TPSA) is 23.6 Å². The minimum absolute atomic E-state index is 0.435. The monoisotopic (exact) mass is 196 g/mol. The molecule has 2 saturated heterocycles. The van der Waals surface area contributed by atoms with Crippen LogP contribution in [0.25, 0.3) is 0 Å². The van der Waals surface area contributed by atoms with Gasteiger partial charge in [-0.1, -0.05) is 0 Å². The lowest BCUT2D eigenvalue weighted by molar-refractivity contribution is -0.123. The van der Waals surface area contributed by atoms with Crippen molar-refractivity contribution in [3.05, 3.63) is 0 Å². The number of hydrogen-bond acceptors (Lipinski definition) is 3. The van der Waals surface area contributed by atoms with Crippen LogP contribution in [0.2, 0.25) is 0 Å². The molecule has 3 heteroatoms. The second-order valence-electron chi connectivity index (χ2n) is 4.67. The van der Waals surface area contributed by atoms with Crippen LogP contribution in [-0.4, -0.2) is 54.9 Å². The van der Waals surface area contributed by atoms with Gasteiger partial charge in [-0.15, -0.1) is 0 Å². The fourth-order valence-electron chi connectivity index (χ4n) is 2.61. The number of likely N-dealkylation sites (N-methyl/N-ethyl adjacent to an activating group) is 1. The van der Waals surface area contributed by atoms with Crippen LogP contribution in [-0.2, 0) is 4.79 Å². The smallest absolute Gasteiger partial charge is 0.146 e. The Bertz CT molecular complexity index is 217. The van der Waals surface area contributed by atoms with Gasteiger partial charge in [0.15, 0.2) is 0 Å². The van der Waals surface area contributed by atoms with Gasteiger partial charge >= 0.3 is 0 Å². The standard InChI is InChI=1S/C11H20N2O/c1-12-6-2-4-10(8-12)13-7-3-5-11(14)9-13/h10H,2-9H2,1H3. The number of rotatable bonds is 1. The minimum atomic E-state index is 0.435. The Morgan fingerprint density at radius 1 is 1.29 bits per heavy atom. The molecule has 0 aliphatic carbocycles. The maximum atomic E-state index is 11.3. The fraction of sp³-hybridized carbons (Fsp3) is 0.909. The quantitative estimate of drug-likeness (QED) is 0.618. The van der Waals surface area contributed by atoms with E-state index < -0.39 is 0 Å². The Morgan fingerprint density at radius 3 is 2.86 bits per heavy atom. The van der Waals surface area contributed by atoms with Gasteiger partial charge in [-0.3, -0.25) is 9.69 Å². The van der Waals surface area contributed by atoms with Gasteiger partial charge in [-0.05, 0) is 39.4 Å². The van der Waals surface area contributed by atoms with Crippen LogP contribution in [0.3, 0.4) is 0 Å². The second-order valence-corrected chi connectivity index (χ2v) is 4.67. The predicted octanol–water partition coefficient (Wildman–Crippen LogP) is 0.745. The highest BCUT2D eigenvalue weighted by Gasteiger charge is 2.27. The Hall–Kier alpha value is -0.410. The number of nitrogens with zero attached hydrogens (tertiary/aromatic N) is 2. The van der Waals surface area contributed by atoms with E-state index in [-0.39, 0.29) is 0 Å².